The van der Waals surface area contributed by atoms with Gasteiger partial charge in [0.15, 0.2) is 0 Å². The summed E-state index contributed by atoms with van der Waals surface area (Å²) < 4.78 is 0. The SMILES string of the molecule is [As].[Sb].[SeH2].[Se].[Te]. The average Bonchev–Trinajstić information content (AvgIpc) is 0. The Kier molecular flexibility index (Phi) is 224. The van der Waals surface area contributed by atoms with Gasteiger partial charge >= 0.3 is 17.1 Å². The van der Waals surface area contributed by atoms with Gasteiger partial charge in [-0.05, 0) is 0 Å². The molecule has 30 valence electrons. The Bertz CT molecular complexity index is 9.61. The molecule has 0 nitrogen and oxygen atoms in total. The van der Waals surface area contributed by atoms with Crippen molar-refractivity contribution in [2.75, 3.05) is 0 Å². The van der Waals surface area contributed by atoms with E-state index in [4.69, 9.17) is 0 Å². The van der Waals surface area contributed by atoms with Crippen molar-refractivity contribution in [3.05, 3.63) is 0 Å². The van der Waals surface area contributed by atoms with Crippen LogP contribution >= 0.6 is 0 Å². The largest absolute Gasteiger partial charge is 0 e. The summed E-state index contributed by atoms with van der Waals surface area (Å²) in [6.07, 6.45) is 0. The van der Waals surface area contributed by atoms with Crippen LogP contribution in [0.1, 0.15) is 0 Å². The van der Waals surface area contributed by atoms with Crippen LogP contribution in [0, 0.1) is 0 Å². The van der Waals surface area contributed by atoms with Crippen LogP contribution in [0.5, 0.6) is 0 Å². The second kappa shape index (κ2) is 27.0. The second-order valence-corrected chi connectivity index (χ2v) is 0. The molecule has 0 aromatic carbocycles. The summed E-state index contributed by atoms with van der Waals surface area (Å²) in [6, 6.07) is 0. The molecule has 0 aromatic heterocycles. The van der Waals surface area contributed by atoms with E-state index in [9.17, 15) is 0 Å². The first kappa shape index (κ1) is 41.5. The van der Waals surface area contributed by atoms with Crippen molar-refractivity contribution >= 4 is 100 Å². The van der Waals surface area contributed by atoms with Crippen LogP contribution in [-0.2, 0) is 0 Å². The van der Waals surface area contributed by atoms with Gasteiger partial charge in [0.25, 0.3) is 0 Å². The van der Waals surface area contributed by atoms with Crippen molar-refractivity contribution < 1.29 is 0 Å². The molecule has 0 fully saturated rings. The maximum Gasteiger partial charge on any atom is 0 e. The molecule has 0 unspecified atom stereocenters. The smallest absolute Gasteiger partial charge is 0 e. The summed E-state index contributed by atoms with van der Waals surface area (Å²) in [4.78, 5) is 0. The number of hydrogen-bond donors (Lipinski definition) is 0. The topological polar surface area (TPSA) is 0 Å². The van der Waals surface area contributed by atoms with E-state index in [1.807, 2.05) is 0 Å². The Balaban J connectivity index is 0. The number of hydrogen-bond acceptors (Lipinski definition) is 0. The molecular weight excluding hydrogens is 482 g/mol. The summed E-state index contributed by atoms with van der Waals surface area (Å²) in [5, 5.41) is 0. The van der Waals surface area contributed by atoms with E-state index in [1.54, 1.807) is 0 Å². The fourth-order valence-electron chi connectivity index (χ4n) is 0. The van der Waals surface area contributed by atoms with Gasteiger partial charge < -0.3 is 0 Å². The van der Waals surface area contributed by atoms with Crippen molar-refractivity contribution in [1.82, 2.24) is 0 Å². The first-order valence-electron chi connectivity index (χ1n) is 0. The van der Waals surface area contributed by atoms with Gasteiger partial charge in [0, 0.05) is 83.1 Å². The minimum absolute atomic E-state index is 0. The van der Waals surface area contributed by atoms with Crippen LogP contribution in [0.3, 0.4) is 0 Å². The van der Waals surface area contributed by atoms with Crippen molar-refractivity contribution in [2.45, 2.75) is 0 Å². The number of rotatable bonds is 0. The molecule has 5 heavy (non-hydrogen) atoms. The molecule has 0 aliphatic heterocycles. The van der Waals surface area contributed by atoms with Gasteiger partial charge in [-0.2, -0.15) is 0 Å². The third kappa shape index (κ3) is 19.0. The minimum atomic E-state index is 0. The zero-order valence-corrected chi connectivity index (χ0v) is 12.8. The van der Waals surface area contributed by atoms with Gasteiger partial charge in [-0.3, -0.25) is 0 Å². The fraction of sp³-hybridized carbons (Fsp3) is 0. The predicted octanol–water partition coefficient (Wildman–Crippen LogP) is -2.44. The molecule has 10 radical (unpaired) electrons. The third-order valence-electron chi connectivity index (χ3n) is 0. The quantitative estimate of drug-likeness (QED) is 0.336. The molecule has 0 aromatic rings. The molecule has 0 spiro atoms. The molecule has 0 saturated heterocycles. The fourth-order valence-corrected chi connectivity index (χ4v) is 0. The predicted molar refractivity (Wildman–Crippen MR) is 31.6 cm³/mol. The van der Waals surface area contributed by atoms with Crippen molar-refractivity contribution in [3.63, 3.8) is 0 Å². The summed E-state index contributed by atoms with van der Waals surface area (Å²) in [5.74, 6) is 0. The Labute approximate surface area is 98.4 Å². The molecule has 0 rings (SSSR count). The first-order chi connectivity index (χ1) is 0. The standard InChI is InChI=1S/As.Sb.H2Se.Se.Te/h;;1H2;;. The van der Waals surface area contributed by atoms with Crippen LogP contribution in [0.25, 0.3) is 0 Å². The van der Waals surface area contributed by atoms with Gasteiger partial charge in [-0.25, -0.2) is 0 Å². The molecule has 0 amide bonds. The van der Waals surface area contributed by atoms with E-state index in [0.29, 0.717) is 0 Å². The van der Waals surface area contributed by atoms with E-state index in [-0.39, 0.29) is 100 Å². The summed E-state index contributed by atoms with van der Waals surface area (Å²) in [6.45, 7) is 0. The second-order valence-electron chi connectivity index (χ2n) is 0. The van der Waals surface area contributed by atoms with Crippen molar-refractivity contribution in [1.29, 1.82) is 0 Å². The van der Waals surface area contributed by atoms with E-state index in [1.165, 1.54) is 0 Å². The third-order valence-corrected chi connectivity index (χ3v) is 0. The van der Waals surface area contributed by atoms with E-state index >= 15 is 0 Å². The molecule has 0 bridgehead atoms. The van der Waals surface area contributed by atoms with Crippen LogP contribution in [0.4, 0.5) is 0 Å². The Hall–Kier alpha value is 3.21. The Morgan fingerprint density at radius 1 is 1.00 bits per heavy atom. The normalized spacial score (nSPS) is 0. The van der Waals surface area contributed by atoms with Crippen LogP contribution in [-0.4, -0.2) is 100 Å². The minimum Gasteiger partial charge on any atom is 0 e. The van der Waals surface area contributed by atoms with Gasteiger partial charge in [-0.15, -0.1) is 0 Å². The molecule has 5 heteroatoms. The van der Waals surface area contributed by atoms with Crippen LogP contribution in [0.15, 0.2) is 0 Å². The molecule has 0 aliphatic carbocycles. The van der Waals surface area contributed by atoms with E-state index < -0.39 is 0 Å². The van der Waals surface area contributed by atoms with Gasteiger partial charge in [-0.1, -0.05) is 0 Å². The van der Waals surface area contributed by atoms with Gasteiger partial charge in [0.05, 0.1) is 0 Å². The maximum atomic E-state index is 0. The molecule has 0 aliphatic rings. The van der Waals surface area contributed by atoms with Gasteiger partial charge in [0.1, 0.15) is 0 Å². The monoisotopic (exact) mass is 488 g/mol. The molecule has 0 N–H and O–H groups in total. The zero-order valence-electron chi connectivity index (χ0n) is 2.21. The Morgan fingerprint density at radius 2 is 1.00 bits per heavy atom. The summed E-state index contributed by atoms with van der Waals surface area (Å²) >= 11 is 0. The Morgan fingerprint density at radius 3 is 1.00 bits per heavy atom. The average molecular weight is 484 g/mol. The molecule has 0 heterocycles. The zero-order chi connectivity index (χ0) is 0. The summed E-state index contributed by atoms with van der Waals surface area (Å²) in [7, 11) is 0. The van der Waals surface area contributed by atoms with E-state index in [2.05, 4.69) is 0 Å². The molecular formula is H2AsSbSe2Te. The van der Waals surface area contributed by atoms with Crippen LogP contribution < -0.4 is 0 Å². The van der Waals surface area contributed by atoms with E-state index in [0.717, 1.165) is 0 Å². The van der Waals surface area contributed by atoms with Crippen molar-refractivity contribution in [3.8, 4) is 0 Å². The first-order valence-corrected chi connectivity index (χ1v) is 0. The molecule has 0 saturated carbocycles. The molecule has 0 atom stereocenters. The van der Waals surface area contributed by atoms with Crippen molar-refractivity contribution in [2.24, 2.45) is 0 Å². The van der Waals surface area contributed by atoms with Crippen LogP contribution in [0.2, 0.25) is 0 Å². The maximum absolute atomic E-state index is 0. The van der Waals surface area contributed by atoms with Gasteiger partial charge in [0.2, 0.25) is 0 Å². The summed E-state index contributed by atoms with van der Waals surface area (Å²) in [5.41, 5.74) is 0.